The van der Waals surface area contributed by atoms with E-state index in [2.05, 4.69) is 5.32 Å². The van der Waals surface area contributed by atoms with Crippen molar-refractivity contribution in [1.29, 1.82) is 0 Å². The number of amides is 1. The SMILES string of the molecule is COc1cc(S(=O)(=O)N(CCc2ccccc2)Cc2cccs2)ccc1NC(C)=O. The Bertz CT molecular complexity index is 1080. The highest BCUT2D eigenvalue weighted by atomic mass is 32.2. The smallest absolute Gasteiger partial charge is 0.243 e. The van der Waals surface area contributed by atoms with Crippen molar-refractivity contribution >= 4 is 33.0 Å². The number of ether oxygens (including phenoxy) is 1. The fourth-order valence-electron chi connectivity index (χ4n) is 3.03. The highest BCUT2D eigenvalue weighted by molar-refractivity contribution is 7.89. The maximum atomic E-state index is 13.5. The van der Waals surface area contributed by atoms with Gasteiger partial charge in [-0.15, -0.1) is 11.3 Å². The van der Waals surface area contributed by atoms with Crippen molar-refractivity contribution in [2.75, 3.05) is 19.0 Å². The highest BCUT2D eigenvalue weighted by Gasteiger charge is 2.26. The summed E-state index contributed by atoms with van der Waals surface area (Å²) in [6.45, 7) is 2.03. The molecular weight excluding hydrogens is 420 g/mol. The topological polar surface area (TPSA) is 75.7 Å². The minimum absolute atomic E-state index is 0.123. The summed E-state index contributed by atoms with van der Waals surface area (Å²) in [5.74, 6) is 0.0384. The van der Waals surface area contributed by atoms with Gasteiger partial charge in [0.25, 0.3) is 0 Å². The molecule has 0 aliphatic heterocycles. The summed E-state index contributed by atoms with van der Waals surface area (Å²) in [6, 6.07) is 18.1. The summed E-state index contributed by atoms with van der Waals surface area (Å²) in [7, 11) is -2.34. The molecule has 0 aliphatic carbocycles. The van der Waals surface area contributed by atoms with Gasteiger partial charge in [-0.05, 0) is 35.6 Å². The predicted molar refractivity (Wildman–Crippen MR) is 119 cm³/mol. The predicted octanol–water partition coefficient (Wildman–Crippen LogP) is 4.15. The fraction of sp³-hybridized carbons (Fsp3) is 0.227. The number of thiophene rings is 1. The third-order valence-electron chi connectivity index (χ3n) is 4.53. The molecule has 1 aromatic heterocycles. The van der Waals surface area contributed by atoms with E-state index in [0.29, 0.717) is 30.9 Å². The van der Waals surface area contributed by atoms with Gasteiger partial charge in [0.05, 0.1) is 17.7 Å². The van der Waals surface area contributed by atoms with Crippen molar-refractivity contribution in [3.63, 3.8) is 0 Å². The van der Waals surface area contributed by atoms with Gasteiger partial charge in [-0.3, -0.25) is 4.79 Å². The Labute approximate surface area is 181 Å². The van der Waals surface area contributed by atoms with Crippen LogP contribution in [0.4, 0.5) is 5.69 Å². The van der Waals surface area contributed by atoms with Gasteiger partial charge in [-0.25, -0.2) is 8.42 Å². The molecule has 0 fully saturated rings. The number of hydrogen-bond acceptors (Lipinski definition) is 5. The number of rotatable bonds is 9. The maximum absolute atomic E-state index is 13.5. The lowest BCUT2D eigenvalue weighted by molar-refractivity contribution is -0.114. The van der Waals surface area contributed by atoms with E-state index in [4.69, 9.17) is 4.74 Å². The van der Waals surface area contributed by atoms with Crippen LogP contribution < -0.4 is 10.1 Å². The minimum Gasteiger partial charge on any atom is -0.495 e. The number of carbonyl (C=O) groups is 1. The van der Waals surface area contributed by atoms with Crippen molar-refractivity contribution in [3.05, 3.63) is 76.5 Å². The molecule has 0 atom stereocenters. The molecule has 1 heterocycles. The van der Waals surface area contributed by atoms with Gasteiger partial charge in [0, 0.05) is 31.0 Å². The van der Waals surface area contributed by atoms with Crippen LogP contribution in [0.1, 0.15) is 17.4 Å². The molecule has 8 heteroatoms. The molecule has 158 valence electrons. The van der Waals surface area contributed by atoms with Gasteiger partial charge in [0.1, 0.15) is 5.75 Å². The molecule has 1 amide bonds. The molecule has 0 saturated heterocycles. The van der Waals surface area contributed by atoms with Gasteiger partial charge in [-0.2, -0.15) is 4.31 Å². The Morgan fingerprint density at radius 1 is 1.10 bits per heavy atom. The Balaban J connectivity index is 1.91. The summed E-state index contributed by atoms with van der Waals surface area (Å²) < 4.78 is 33.7. The zero-order valence-electron chi connectivity index (χ0n) is 16.9. The standard InChI is InChI=1S/C22H24N2O4S2/c1-17(25)23-21-11-10-20(15-22(21)28-2)30(26,27)24(16-19-9-6-14-29-19)13-12-18-7-4-3-5-8-18/h3-11,14-15H,12-13,16H2,1-2H3,(H,23,25). The highest BCUT2D eigenvalue weighted by Crippen LogP contribution is 2.30. The van der Waals surface area contributed by atoms with Crippen LogP contribution in [0, 0.1) is 0 Å². The largest absolute Gasteiger partial charge is 0.495 e. The van der Waals surface area contributed by atoms with E-state index in [0.717, 1.165) is 10.4 Å². The number of nitrogens with zero attached hydrogens (tertiary/aromatic N) is 1. The van der Waals surface area contributed by atoms with E-state index in [9.17, 15) is 13.2 Å². The van der Waals surface area contributed by atoms with Crippen LogP contribution >= 0.6 is 11.3 Å². The molecule has 3 rings (SSSR count). The van der Waals surface area contributed by atoms with Gasteiger partial charge in [0.2, 0.25) is 15.9 Å². The van der Waals surface area contributed by atoms with Crippen molar-refractivity contribution in [2.24, 2.45) is 0 Å². The summed E-state index contributed by atoms with van der Waals surface area (Å²) >= 11 is 1.52. The van der Waals surface area contributed by atoms with Crippen molar-refractivity contribution < 1.29 is 17.9 Å². The fourth-order valence-corrected chi connectivity index (χ4v) is 5.27. The van der Waals surface area contributed by atoms with Crippen LogP contribution in [0.15, 0.2) is 70.9 Å². The van der Waals surface area contributed by atoms with Crippen LogP contribution in [0.25, 0.3) is 0 Å². The zero-order valence-corrected chi connectivity index (χ0v) is 18.5. The molecule has 0 bridgehead atoms. The van der Waals surface area contributed by atoms with Crippen LogP contribution in [0.2, 0.25) is 0 Å². The molecule has 0 saturated carbocycles. The first-order valence-electron chi connectivity index (χ1n) is 9.42. The summed E-state index contributed by atoms with van der Waals surface area (Å²) in [5, 5.41) is 4.58. The first-order chi connectivity index (χ1) is 14.4. The minimum atomic E-state index is -3.78. The van der Waals surface area contributed by atoms with Crippen LogP contribution in [0.5, 0.6) is 5.75 Å². The first kappa shape index (κ1) is 22.0. The second-order valence-corrected chi connectivity index (χ2v) is 9.67. The lowest BCUT2D eigenvalue weighted by Gasteiger charge is -2.22. The number of carbonyl (C=O) groups excluding carboxylic acids is 1. The van der Waals surface area contributed by atoms with Gasteiger partial charge < -0.3 is 10.1 Å². The molecular formula is C22H24N2O4S2. The monoisotopic (exact) mass is 444 g/mol. The number of anilines is 1. The normalized spacial score (nSPS) is 11.4. The lowest BCUT2D eigenvalue weighted by atomic mass is 10.1. The molecule has 0 radical (unpaired) electrons. The Morgan fingerprint density at radius 2 is 1.87 bits per heavy atom. The average molecular weight is 445 g/mol. The average Bonchev–Trinajstić information content (AvgIpc) is 3.24. The zero-order chi connectivity index (χ0) is 21.6. The van der Waals surface area contributed by atoms with E-state index in [-0.39, 0.29) is 10.8 Å². The number of sulfonamides is 1. The third-order valence-corrected chi connectivity index (χ3v) is 7.23. The van der Waals surface area contributed by atoms with E-state index < -0.39 is 10.0 Å². The summed E-state index contributed by atoms with van der Waals surface area (Å²) in [6.07, 6.45) is 0.604. The van der Waals surface area contributed by atoms with E-state index in [1.807, 2.05) is 47.8 Å². The molecule has 2 aromatic carbocycles. The van der Waals surface area contributed by atoms with Gasteiger partial charge >= 0.3 is 0 Å². The second-order valence-electron chi connectivity index (χ2n) is 6.70. The quantitative estimate of drug-likeness (QED) is 0.538. The summed E-state index contributed by atoms with van der Waals surface area (Å²) in [4.78, 5) is 12.5. The molecule has 0 aliphatic rings. The van der Waals surface area contributed by atoms with E-state index >= 15 is 0 Å². The molecule has 1 N–H and O–H groups in total. The van der Waals surface area contributed by atoms with Crippen LogP contribution in [0.3, 0.4) is 0 Å². The van der Waals surface area contributed by atoms with E-state index in [1.54, 1.807) is 6.07 Å². The number of benzene rings is 2. The lowest BCUT2D eigenvalue weighted by Crippen LogP contribution is -2.32. The first-order valence-corrected chi connectivity index (χ1v) is 11.7. The van der Waals surface area contributed by atoms with Crippen LogP contribution in [-0.2, 0) is 27.8 Å². The Kier molecular flexibility index (Phi) is 7.25. The van der Waals surface area contributed by atoms with Gasteiger partial charge in [0.15, 0.2) is 0 Å². The summed E-state index contributed by atoms with van der Waals surface area (Å²) in [5.41, 5.74) is 1.50. The van der Waals surface area contributed by atoms with Crippen molar-refractivity contribution in [2.45, 2.75) is 24.8 Å². The number of nitrogens with one attached hydrogen (secondary N) is 1. The molecule has 0 spiro atoms. The molecule has 0 unspecified atom stereocenters. The van der Waals surface area contributed by atoms with Crippen molar-refractivity contribution in [1.82, 2.24) is 4.31 Å². The molecule has 30 heavy (non-hydrogen) atoms. The molecule has 3 aromatic rings. The maximum Gasteiger partial charge on any atom is 0.243 e. The molecule has 6 nitrogen and oxygen atoms in total. The van der Waals surface area contributed by atoms with Gasteiger partial charge in [-0.1, -0.05) is 36.4 Å². The Hall–Kier alpha value is -2.68. The van der Waals surface area contributed by atoms with Crippen LogP contribution in [-0.4, -0.2) is 32.3 Å². The second kappa shape index (κ2) is 9.88. The van der Waals surface area contributed by atoms with E-state index in [1.165, 1.54) is 41.8 Å². The Morgan fingerprint density at radius 3 is 2.50 bits per heavy atom. The van der Waals surface area contributed by atoms with Crippen molar-refractivity contribution in [3.8, 4) is 5.75 Å². The number of methoxy groups -OCH3 is 1. The number of hydrogen-bond donors (Lipinski definition) is 1. The third kappa shape index (κ3) is 5.47.